The number of halogens is 3. The lowest BCUT2D eigenvalue weighted by Gasteiger charge is -2.47. The molecule has 0 amide bonds. The number of hydrogen-bond acceptors (Lipinski definition) is 8. The number of carbonyl (C=O) groups is 1. The first kappa shape index (κ1) is 33.3. The predicted molar refractivity (Wildman–Crippen MR) is 179 cm³/mol. The largest absolute Gasteiger partial charge is 0.466 e. The number of fused-ring (bicyclic) bond motifs is 4. The van der Waals surface area contributed by atoms with Crippen LogP contribution in [0.2, 0.25) is 0 Å². The van der Waals surface area contributed by atoms with Crippen LogP contribution in [0.15, 0.2) is 59.9 Å². The second-order valence-electron chi connectivity index (χ2n) is 13.0. The molecule has 3 saturated carbocycles. The van der Waals surface area contributed by atoms with E-state index in [1.165, 1.54) is 29.2 Å². The van der Waals surface area contributed by atoms with Crippen LogP contribution in [0.4, 0.5) is 19.0 Å². The number of carbonyl (C=O) groups excluding carboxylic acids is 1. The number of rotatable bonds is 8. The van der Waals surface area contributed by atoms with E-state index in [4.69, 9.17) is 4.74 Å². The third-order valence-corrected chi connectivity index (χ3v) is 11.6. The fourth-order valence-electron chi connectivity index (χ4n) is 7.63. The van der Waals surface area contributed by atoms with E-state index in [9.17, 15) is 22.9 Å². The molecule has 0 aliphatic heterocycles. The molecule has 8 rings (SSSR count). The lowest BCUT2D eigenvalue weighted by Crippen LogP contribution is -2.52. The van der Waals surface area contributed by atoms with Crippen LogP contribution < -0.4 is 5.32 Å². The van der Waals surface area contributed by atoms with Gasteiger partial charge < -0.3 is 10.1 Å². The smallest absolute Gasteiger partial charge is 0.311 e. The van der Waals surface area contributed by atoms with Crippen LogP contribution in [-0.2, 0) is 26.6 Å². The Labute approximate surface area is 286 Å². The van der Waals surface area contributed by atoms with Crippen LogP contribution in [0.3, 0.4) is 0 Å². The number of anilines is 1. The molecule has 3 aromatic heterocycles. The summed E-state index contributed by atoms with van der Waals surface area (Å²) in [6.07, 6.45) is 7.21. The molecule has 3 heterocycles. The van der Waals surface area contributed by atoms with E-state index in [2.05, 4.69) is 15.4 Å². The maximum atomic E-state index is 16.8. The maximum absolute atomic E-state index is 16.8. The SMILES string of the molecule is CCOC(=O)[C@H]1C2CCC(CC2)[C@@H]1Nc1nc(-c2cn(S(=O)(=O)c3ccc(C)cc3)c3c(F)cc(F)cc23)c(C#N)c(-c2cnn(C)c2)c1F. The van der Waals surface area contributed by atoms with Gasteiger partial charge in [0.1, 0.15) is 17.4 Å². The summed E-state index contributed by atoms with van der Waals surface area (Å²) in [6.45, 7) is 3.68. The van der Waals surface area contributed by atoms with Crippen LogP contribution in [0.5, 0.6) is 0 Å². The summed E-state index contributed by atoms with van der Waals surface area (Å²) in [6, 6.07) is 8.89. The molecular formula is C36H33F3N6O4S. The van der Waals surface area contributed by atoms with Gasteiger partial charge in [0.15, 0.2) is 17.5 Å². The summed E-state index contributed by atoms with van der Waals surface area (Å²) in [5.74, 6) is -4.30. The van der Waals surface area contributed by atoms with Crippen molar-refractivity contribution in [2.24, 2.45) is 24.8 Å². The van der Waals surface area contributed by atoms with Crippen LogP contribution in [0.1, 0.15) is 43.7 Å². The van der Waals surface area contributed by atoms with Crippen molar-refractivity contribution in [3.8, 4) is 28.5 Å². The summed E-state index contributed by atoms with van der Waals surface area (Å²) >= 11 is 0. The molecule has 258 valence electrons. The lowest BCUT2D eigenvalue weighted by atomic mass is 9.61. The highest BCUT2D eigenvalue weighted by Gasteiger charge is 2.48. The number of aryl methyl sites for hydroxylation is 2. The number of esters is 1. The molecule has 2 atom stereocenters. The molecule has 0 saturated heterocycles. The zero-order valence-corrected chi connectivity index (χ0v) is 28.3. The third-order valence-electron chi connectivity index (χ3n) is 9.94. The van der Waals surface area contributed by atoms with E-state index >= 15 is 8.78 Å². The van der Waals surface area contributed by atoms with Gasteiger partial charge in [0.05, 0.1) is 34.9 Å². The highest BCUT2D eigenvalue weighted by molar-refractivity contribution is 7.90. The summed E-state index contributed by atoms with van der Waals surface area (Å²) in [4.78, 5) is 17.7. The Kier molecular flexibility index (Phi) is 8.42. The van der Waals surface area contributed by atoms with Crippen molar-refractivity contribution in [2.75, 3.05) is 11.9 Å². The quantitative estimate of drug-likeness (QED) is 0.176. The zero-order valence-electron chi connectivity index (χ0n) is 27.5. The maximum Gasteiger partial charge on any atom is 0.311 e. The van der Waals surface area contributed by atoms with Gasteiger partial charge in [0.2, 0.25) is 0 Å². The zero-order chi connectivity index (χ0) is 35.5. The van der Waals surface area contributed by atoms with Crippen molar-refractivity contribution < 1.29 is 31.1 Å². The first-order valence-corrected chi connectivity index (χ1v) is 17.7. The minimum atomic E-state index is -4.46. The van der Waals surface area contributed by atoms with Crippen molar-refractivity contribution in [1.29, 1.82) is 5.26 Å². The Hall–Kier alpha value is -5.16. The number of nitrogens with one attached hydrogen (secondary N) is 1. The van der Waals surface area contributed by atoms with Gasteiger partial charge in [-0.1, -0.05) is 17.7 Å². The Morgan fingerprint density at radius 2 is 1.78 bits per heavy atom. The van der Waals surface area contributed by atoms with Crippen LogP contribution >= 0.6 is 0 Å². The summed E-state index contributed by atoms with van der Waals surface area (Å²) < 4.78 is 82.9. The monoisotopic (exact) mass is 702 g/mol. The molecule has 0 unspecified atom stereocenters. The molecule has 2 bridgehead atoms. The molecule has 5 aromatic rings. The van der Waals surface area contributed by atoms with Crippen molar-refractivity contribution in [3.05, 3.63) is 83.6 Å². The second-order valence-corrected chi connectivity index (χ2v) is 14.8. The van der Waals surface area contributed by atoms with E-state index in [0.29, 0.717) is 10.0 Å². The fourth-order valence-corrected chi connectivity index (χ4v) is 9.00. The van der Waals surface area contributed by atoms with Crippen LogP contribution in [0, 0.1) is 53.5 Å². The predicted octanol–water partition coefficient (Wildman–Crippen LogP) is 6.72. The minimum absolute atomic E-state index is 0.00120. The van der Waals surface area contributed by atoms with Gasteiger partial charge in [-0.25, -0.2) is 30.5 Å². The highest BCUT2D eigenvalue weighted by Crippen LogP contribution is 2.48. The topological polar surface area (TPSA) is 132 Å². The van der Waals surface area contributed by atoms with Gasteiger partial charge in [-0.05, 0) is 69.6 Å². The summed E-state index contributed by atoms with van der Waals surface area (Å²) in [7, 11) is -2.85. The van der Waals surface area contributed by atoms with Crippen molar-refractivity contribution >= 4 is 32.7 Å². The van der Waals surface area contributed by atoms with Crippen LogP contribution in [-0.4, -0.2) is 45.8 Å². The minimum Gasteiger partial charge on any atom is -0.466 e. The molecule has 50 heavy (non-hydrogen) atoms. The molecule has 3 aliphatic carbocycles. The van der Waals surface area contributed by atoms with Gasteiger partial charge in [-0.2, -0.15) is 10.4 Å². The first-order valence-electron chi connectivity index (χ1n) is 16.3. The summed E-state index contributed by atoms with van der Waals surface area (Å²) in [5.41, 5.74) is -0.285. The first-order chi connectivity index (χ1) is 23.9. The average Bonchev–Trinajstić information content (AvgIpc) is 3.70. The number of nitrogens with zero attached hydrogens (tertiary/aromatic N) is 5. The van der Waals surface area contributed by atoms with E-state index in [-0.39, 0.29) is 62.5 Å². The van der Waals surface area contributed by atoms with Crippen LogP contribution in [0.25, 0.3) is 33.3 Å². The molecule has 2 aromatic carbocycles. The molecule has 3 fully saturated rings. The molecule has 14 heteroatoms. The van der Waals surface area contributed by atoms with Crippen molar-refractivity contribution in [1.82, 2.24) is 18.7 Å². The number of nitriles is 1. The van der Waals surface area contributed by atoms with E-state index < -0.39 is 50.9 Å². The Bertz CT molecular complexity index is 2300. The van der Waals surface area contributed by atoms with Crippen molar-refractivity contribution in [3.63, 3.8) is 0 Å². The average molecular weight is 703 g/mol. The van der Waals surface area contributed by atoms with Gasteiger partial charge >= 0.3 is 5.97 Å². The number of pyridine rings is 1. The van der Waals surface area contributed by atoms with Gasteiger partial charge in [-0.3, -0.25) is 9.48 Å². The second kappa shape index (κ2) is 12.6. The Morgan fingerprint density at radius 3 is 2.42 bits per heavy atom. The lowest BCUT2D eigenvalue weighted by molar-refractivity contribution is -0.154. The molecule has 3 aliphatic rings. The third kappa shape index (κ3) is 5.49. The van der Waals surface area contributed by atoms with Gasteiger partial charge in [0, 0.05) is 53.6 Å². The van der Waals surface area contributed by atoms with Gasteiger partial charge in [0.25, 0.3) is 10.0 Å². The molecule has 0 spiro atoms. The molecule has 0 radical (unpaired) electrons. The van der Waals surface area contributed by atoms with E-state index in [1.807, 2.05) is 6.07 Å². The Morgan fingerprint density at radius 1 is 1.08 bits per heavy atom. The fraction of sp³-hybridized carbons (Fsp3) is 0.333. The van der Waals surface area contributed by atoms with E-state index in [1.54, 1.807) is 33.0 Å². The van der Waals surface area contributed by atoms with E-state index in [0.717, 1.165) is 43.5 Å². The Balaban J connectivity index is 1.49. The number of ether oxygens (including phenoxy) is 1. The molecule has 10 nitrogen and oxygen atoms in total. The normalized spacial score (nSPS) is 20.2. The molecular weight excluding hydrogens is 669 g/mol. The van der Waals surface area contributed by atoms with Crippen molar-refractivity contribution in [2.45, 2.75) is 50.5 Å². The summed E-state index contributed by atoms with van der Waals surface area (Å²) in [5, 5.41) is 17.7. The number of aromatic nitrogens is 4. The standard InChI is InChI=1S/C36H33F3N6O4S/c1-4-49-36(46)30-20-7-9-21(10-8-20)32(30)42-35-31(39)29(22-16-41-44(3)17-22)26(15-40)33(43-35)27-18-45(34-25(27)13-23(37)14-28(34)38)50(47,48)24-11-5-19(2)6-12-24/h5-6,11-14,16-18,20-21,30,32H,4,7-10H2,1-3H3,(H,42,43)/t20?,21?,30-,32-/m0/s1. The molecule has 1 N–H and O–H groups in total. The number of hydrogen-bond donors (Lipinski definition) is 1. The number of benzene rings is 2. The van der Waals surface area contributed by atoms with Gasteiger partial charge in [-0.15, -0.1) is 0 Å². The highest BCUT2D eigenvalue weighted by atomic mass is 32.2.